The number of thiophene rings is 2. The molecule has 0 aromatic carbocycles. The van der Waals surface area contributed by atoms with Gasteiger partial charge in [-0.2, -0.15) is 17.5 Å². The third kappa shape index (κ3) is 13.9. The molecule has 17 heteroatoms. The summed E-state index contributed by atoms with van der Waals surface area (Å²) in [5.74, 6) is 0. The van der Waals surface area contributed by atoms with Gasteiger partial charge in [0.1, 0.15) is 32.4 Å². The molecule has 0 aliphatic carbocycles. The molecular formula is C31H41Br4N6PS4SnTh. The van der Waals surface area contributed by atoms with Gasteiger partial charge in [0.25, 0.3) is 0 Å². The largest absolute Gasteiger partial charge is 0.0679 e. The monoisotopic (exact) mass is 1330 g/mol. The van der Waals surface area contributed by atoms with E-state index in [9.17, 15) is 0 Å². The molecule has 0 saturated carbocycles. The molecule has 0 radical (unpaired) electrons. The SMILES string of the molecule is Brc1cnc(-c2cccs2)c2nsnc12.Brc1cnc(Br)c2nsnc12.C.CCC[CH2][Sn]([CH2]CCC)([CH2]CCC)[c]1cccs1.[3H]PBr.[Th]. The van der Waals surface area contributed by atoms with Crippen LogP contribution in [0.2, 0.25) is 13.3 Å². The van der Waals surface area contributed by atoms with Gasteiger partial charge in [-0.1, -0.05) is 36.9 Å². The van der Waals surface area contributed by atoms with Crippen molar-refractivity contribution in [3.05, 3.63) is 61.0 Å². The van der Waals surface area contributed by atoms with Crippen LogP contribution >= 0.6 is 117 Å². The van der Waals surface area contributed by atoms with Gasteiger partial charge in [0.15, 0.2) is 0 Å². The van der Waals surface area contributed by atoms with E-state index in [1.165, 1.54) is 62.0 Å². The predicted octanol–water partition coefficient (Wildman–Crippen LogP) is 13.8. The molecule has 6 nitrogen and oxygen atoms in total. The van der Waals surface area contributed by atoms with E-state index in [0.29, 0.717) is 0 Å². The van der Waals surface area contributed by atoms with E-state index >= 15 is 0 Å². The number of hydrogen-bond acceptors (Lipinski definition) is 10. The van der Waals surface area contributed by atoms with Crippen LogP contribution in [-0.4, -0.2) is 47.1 Å². The Bertz CT molecular complexity index is 1680. The number of hydrogen-bond donors (Lipinski definition) is 0. The Hall–Kier alpha value is 1.81. The first-order valence-electron chi connectivity index (χ1n) is 15.4. The molecule has 1 atom stereocenters. The molecule has 6 heterocycles. The average molecular weight is 1330 g/mol. The zero-order valence-corrected chi connectivity index (χ0v) is 43.9. The molecule has 0 spiro atoms. The van der Waals surface area contributed by atoms with Crippen molar-refractivity contribution in [2.75, 3.05) is 0 Å². The number of aromatic nitrogens is 6. The van der Waals surface area contributed by atoms with Gasteiger partial charge in [0.2, 0.25) is 0 Å². The van der Waals surface area contributed by atoms with Crippen LogP contribution in [-0.2, 0) is 0 Å². The second-order valence-electron chi connectivity index (χ2n) is 10.3. The van der Waals surface area contributed by atoms with Crippen molar-refractivity contribution in [1.29, 1.82) is 1.28 Å². The first-order valence-corrected chi connectivity index (χ1v) is 30.7. The Morgan fingerprint density at radius 2 is 1.21 bits per heavy atom. The summed E-state index contributed by atoms with van der Waals surface area (Å²) >= 11 is 17.0. The number of pyridine rings is 2. The molecule has 0 bridgehead atoms. The quantitative estimate of drug-likeness (QED) is 0.0731. The average Bonchev–Trinajstić information content (AvgIpc) is 3.92. The summed E-state index contributed by atoms with van der Waals surface area (Å²) in [5.41, 5.74) is 4.34. The van der Waals surface area contributed by atoms with E-state index in [0.717, 1.165) is 46.2 Å². The van der Waals surface area contributed by atoms with Crippen LogP contribution in [0.25, 0.3) is 32.6 Å². The van der Waals surface area contributed by atoms with E-state index in [1.54, 1.807) is 37.0 Å². The van der Waals surface area contributed by atoms with E-state index < -0.39 is 18.4 Å². The van der Waals surface area contributed by atoms with E-state index in [2.05, 4.69) is 140 Å². The summed E-state index contributed by atoms with van der Waals surface area (Å²) in [6.07, 6.45) is 12.0. The second kappa shape index (κ2) is 26.6. The molecular weight excluding hydrogens is 1290 g/mol. The summed E-state index contributed by atoms with van der Waals surface area (Å²) in [4.78, 5) is 9.57. The predicted molar refractivity (Wildman–Crippen MR) is 231 cm³/mol. The Kier molecular flexibility index (Phi) is 25.4. The third-order valence-electron chi connectivity index (χ3n) is 7.27. The maximum absolute atomic E-state index is 6.15. The fraction of sp³-hybridized carbons (Fsp3) is 0.419. The Labute approximate surface area is 375 Å². The van der Waals surface area contributed by atoms with Crippen molar-refractivity contribution in [3.63, 3.8) is 0 Å². The third-order valence-corrected chi connectivity index (χ3v) is 30.2. The van der Waals surface area contributed by atoms with Crippen molar-refractivity contribution >= 4 is 161 Å². The Morgan fingerprint density at radius 3 is 1.69 bits per heavy atom. The Balaban J connectivity index is 0.000000353. The minimum absolute atomic E-state index is 0. The number of unbranched alkanes of at least 4 members (excludes halogenated alkanes) is 3. The number of fused-ring (bicyclic) bond motifs is 2. The Morgan fingerprint density at radius 1 is 0.729 bits per heavy atom. The normalized spacial score (nSPS) is 11.0. The zero-order chi connectivity index (χ0) is 34.1. The summed E-state index contributed by atoms with van der Waals surface area (Å²) in [7, 11) is 0.146. The van der Waals surface area contributed by atoms with Crippen LogP contribution in [0.4, 0.5) is 0 Å². The number of halogens is 4. The van der Waals surface area contributed by atoms with Gasteiger partial charge < -0.3 is 0 Å². The minimum atomic E-state index is -2.01. The van der Waals surface area contributed by atoms with Crippen molar-refractivity contribution in [2.45, 2.75) is 80.0 Å². The maximum atomic E-state index is 6.15. The van der Waals surface area contributed by atoms with Crippen LogP contribution in [0.15, 0.2) is 61.0 Å². The van der Waals surface area contributed by atoms with Crippen LogP contribution in [0, 0.1) is 39.9 Å². The topological polar surface area (TPSA) is 77.3 Å². The van der Waals surface area contributed by atoms with Crippen LogP contribution in [0.1, 0.15) is 66.7 Å². The molecule has 0 saturated heterocycles. The molecule has 1 unspecified atom stereocenters. The molecule has 260 valence electrons. The van der Waals surface area contributed by atoms with E-state index in [4.69, 9.17) is 1.28 Å². The maximum Gasteiger partial charge on any atom is 0.0666 e. The summed E-state index contributed by atoms with van der Waals surface area (Å²) < 4.78 is 32.0. The molecule has 0 amide bonds. The molecule has 6 aromatic heterocycles. The summed E-state index contributed by atoms with van der Waals surface area (Å²) in [6.45, 7) is 7.06. The summed E-state index contributed by atoms with van der Waals surface area (Å²) in [5, 5.41) is 4.34. The van der Waals surface area contributed by atoms with Gasteiger partial charge in [0, 0.05) is 52.3 Å². The van der Waals surface area contributed by atoms with E-state index in [1.807, 2.05) is 20.4 Å². The van der Waals surface area contributed by atoms with Gasteiger partial charge in [-0.25, -0.2) is 4.98 Å². The van der Waals surface area contributed by atoms with Gasteiger partial charge in [-0.05, 0) is 59.2 Å². The van der Waals surface area contributed by atoms with Crippen LogP contribution < -0.4 is 2.89 Å². The molecule has 6 aromatic rings. The molecule has 6 rings (SSSR count). The fourth-order valence-corrected chi connectivity index (χ4v) is 28.1. The van der Waals surface area contributed by atoms with E-state index in [-0.39, 0.29) is 55.3 Å². The van der Waals surface area contributed by atoms with Crippen molar-refractivity contribution < 1.29 is 39.9 Å². The first-order chi connectivity index (χ1) is 22.8. The first kappa shape index (κ1) is 46.0. The molecule has 48 heavy (non-hydrogen) atoms. The van der Waals surface area contributed by atoms with Crippen LogP contribution in [0.5, 0.6) is 0 Å². The second-order valence-corrected chi connectivity index (χ2v) is 29.9. The standard InChI is InChI=1S/C9H4BrN3S2.C5HBr2N3S.C4H3S.3C4H9.CH4.BrH2P.Sn.Th/c10-5-4-11-8(6-2-1-3-14-6)9-7(5)12-15-13-9;6-2-1-8-5(7)4-3(2)9-11-10-4;1-2-4-5-3-1;3*1-3-4-2;;1-2;;/h1-4H;1H;1-3H;3*1,3-4H2,2H3;1H4;2H2;;/i;;;;;;;2T;;. The van der Waals surface area contributed by atoms with Gasteiger partial charge >= 0.3 is 123 Å². The van der Waals surface area contributed by atoms with Crippen molar-refractivity contribution in [2.24, 2.45) is 0 Å². The molecule has 0 aliphatic heterocycles. The zero-order valence-electron chi connectivity index (χ0n) is 27.3. The number of nitrogens with zero attached hydrogens (tertiary/aromatic N) is 6. The van der Waals surface area contributed by atoms with Gasteiger partial charge in [-0.3, -0.25) is 4.98 Å². The van der Waals surface area contributed by atoms with Crippen molar-refractivity contribution in [1.82, 2.24) is 27.5 Å². The van der Waals surface area contributed by atoms with Gasteiger partial charge in [-0.15, -0.1) is 11.3 Å². The molecule has 0 fully saturated rings. The van der Waals surface area contributed by atoms with Crippen molar-refractivity contribution in [3.8, 4) is 10.6 Å². The molecule has 0 aliphatic rings. The van der Waals surface area contributed by atoms with Gasteiger partial charge in [0.05, 0.1) is 38.6 Å². The summed E-state index contributed by atoms with van der Waals surface area (Å²) in [6, 6.07) is 8.81. The number of rotatable bonds is 11. The smallest absolute Gasteiger partial charge is 0.0666 e. The minimum Gasteiger partial charge on any atom is -0.0679 e. The fourth-order valence-electron chi connectivity index (χ4n) is 4.92. The molecule has 0 N–H and O–H groups in total. The van der Waals surface area contributed by atoms with Crippen LogP contribution in [0.3, 0.4) is 0 Å².